The largest absolute Gasteiger partial charge is 0.500 e. The molecule has 0 spiro atoms. The zero-order chi connectivity index (χ0) is 42.8. The number of fused-ring (bicyclic) bond motifs is 3. The van der Waals surface area contributed by atoms with E-state index >= 15 is 0 Å². The lowest BCUT2D eigenvalue weighted by atomic mass is 9.84. The number of aliphatic hydroxyl groups is 1. The van der Waals surface area contributed by atoms with Gasteiger partial charge in [-0.1, -0.05) is 20.8 Å². The van der Waals surface area contributed by atoms with Crippen molar-refractivity contribution in [2.45, 2.75) is 59.3 Å². The maximum Gasteiger partial charge on any atom is 0.406 e. The molecular formula is C45H71N5O10. The molecular weight excluding hydrogens is 771 g/mol. The Balaban J connectivity index is 0.000000157. The predicted molar refractivity (Wildman–Crippen MR) is 224 cm³/mol. The number of alkyl carbamates (subject to hydrolysis) is 1. The summed E-state index contributed by atoms with van der Waals surface area (Å²) in [5, 5.41) is 11.4. The average Bonchev–Trinajstić information content (AvgIpc) is 3.99. The zero-order valence-corrected chi connectivity index (χ0v) is 36.7. The van der Waals surface area contributed by atoms with Crippen LogP contribution in [0.5, 0.6) is 0 Å². The third-order valence-electron chi connectivity index (χ3n) is 14.7. The van der Waals surface area contributed by atoms with E-state index in [0.29, 0.717) is 86.0 Å². The van der Waals surface area contributed by atoms with E-state index in [1.807, 2.05) is 9.80 Å². The van der Waals surface area contributed by atoms with E-state index in [4.69, 9.17) is 28.8 Å². The van der Waals surface area contributed by atoms with E-state index in [1.54, 1.807) is 25.8 Å². The second kappa shape index (κ2) is 21.8. The Kier molecular flexibility index (Phi) is 16.6. The number of methoxy groups -OCH3 is 1. The lowest BCUT2D eigenvalue weighted by Gasteiger charge is -2.37. The molecule has 0 aromatic rings. The number of carbonyl (C=O) groups excluding carboxylic acids is 4. The Morgan fingerprint density at radius 3 is 1.43 bits per heavy atom. The van der Waals surface area contributed by atoms with Crippen LogP contribution in [0.4, 0.5) is 4.79 Å². The van der Waals surface area contributed by atoms with Gasteiger partial charge in [-0.15, -0.1) is 0 Å². The molecule has 0 bridgehead atoms. The fourth-order valence-electron chi connectivity index (χ4n) is 10.7. The Labute approximate surface area is 356 Å². The highest BCUT2D eigenvalue weighted by atomic mass is 16.5. The summed E-state index contributed by atoms with van der Waals surface area (Å²) in [4.78, 5) is 56.5. The van der Waals surface area contributed by atoms with E-state index in [-0.39, 0.29) is 24.4 Å². The first-order chi connectivity index (χ1) is 29.0. The Hall–Kier alpha value is -3.82. The molecule has 8 rings (SSSR count). The van der Waals surface area contributed by atoms with Crippen LogP contribution in [0.15, 0.2) is 35.5 Å². The molecule has 3 amide bonds. The standard InChI is InChI=1S/C18H29N3O4.C16H26N2O3.C11H16O3/c1-13-3-4-14-15(13)11-24-12-16(14)17(22)21-7-5-20(6-8-21)9-10-25-18(23)19-2;1-12-2-3-13-14(12)10-21-11-15(13)16(20)18-6-4-17(5-7-18)8-9-19;1-7-3-4-8-9(7)5-14-6-10(8)11(12)13-2/h12-15H,3-11H2,1-2H3,(H,19,23);11-14,19H,2-10H2,1H3;6-9H,3-5H2,1-2H3. The summed E-state index contributed by atoms with van der Waals surface area (Å²) in [7, 11) is 2.97. The number of aliphatic hydroxyl groups excluding tert-OH is 1. The van der Waals surface area contributed by atoms with Gasteiger partial charge in [-0.2, -0.15) is 0 Å². The van der Waals surface area contributed by atoms with Gasteiger partial charge in [0.2, 0.25) is 0 Å². The van der Waals surface area contributed by atoms with Gasteiger partial charge in [0, 0.05) is 96.2 Å². The summed E-state index contributed by atoms with van der Waals surface area (Å²) in [5.74, 6) is 4.70. The summed E-state index contributed by atoms with van der Waals surface area (Å²) in [6.07, 6.45) is 11.5. The highest BCUT2D eigenvalue weighted by Crippen LogP contribution is 2.46. The van der Waals surface area contributed by atoms with Crippen LogP contribution in [0.25, 0.3) is 0 Å². The maximum absolute atomic E-state index is 12.9. The molecule has 3 aliphatic carbocycles. The fourth-order valence-corrected chi connectivity index (χ4v) is 10.7. The summed E-state index contributed by atoms with van der Waals surface area (Å²) in [6, 6.07) is 0. The molecule has 5 heterocycles. The number of esters is 1. The van der Waals surface area contributed by atoms with Crippen molar-refractivity contribution < 1.29 is 48.0 Å². The van der Waals surface area contributed by atoms with Gasteiger partial charge in [0.1, 0.15) is 6.61 Å². The number of nitrogens with one attached hydrogen (secondary N) is 1. The summed E-state index contributed by atoms with van der Waals surface area (Å²) in [5.41, 5.74) is 2.50. The fraction of sp³-hybridized carbons (Fsp3) is 0.778. The molecule has 8 aliphatic rings. The SMILES string of the molecule is CC1CCC2C(C(=O)N3CCN(CCO)CC3)=COCC12.CNC(=O)OCCN1CCN(C(=O)C2=COCC3C(C)CCC23)CC1.COC(=O)C1=COCC2C(C)CCC12. The number of piperazine rings is 2. The minimum Gasteiger partial charge on any atom is -0.500 e. The molecule has 2 N–H and O–H groups in total. The van der Waals surface area contributed by atoms with Crippen LogP contribution in [0.2, 0.25) is 0 Å². The maximum atomic E-state index is 12.9. The third-order valence-corrected chi connectivity index (χ3v) is 14.7. The molecule has 336 valence electrons. The van der Waals surface area contributed by atoms with Gasteiger partial charge in [0.15, 0.2) is 0 Å². The van der Waals surface area contributed by atoms with Crippen molar-refractivity contribution in [3.05, 3.63) is 35.5 Å². The van der Waals surface area contributed by atoms with Gasteiger partial charge in [-0.3, -0.25) is 19.4 Å². The van der Waals surface area contributed by atoms with Crippen LogP contribution >= 0.6 is 0 Å². The molecule has 9 atom stereocenters. The predicted octanol–water partition coefficient (Wildman–Crippen LogP) is 3.50. The second-order valence-corrected chi connectivity index (χ2v) is 18.1. The van der Waals surface area contributed by atoms with Crippen molar-refractivity contribution in [2.75, 3.05) is 113 Å². The zero-order valence-electron chi connectivity index (χ0n) is 36.7. The van der Waals surface area contributed by atoms with Gasteiger partial charge >= 0.3 is 12.1 Å². The van der Waals surface area contributed by atoms with Crippen molar-refractivity contribution in [1.29, 1.82) is 0 Å². The summed E-state index contributed by atoms with van der Waals surface area (Å²) in [6.45, 7) is 17.3. The number of nitrogens with zero attached hydrogens (tertiary/aromatic N) is 4. The number of carbonyl (C=O) groups is 4. The summed E-state index contributed by atoms with van der Waals surface area (Å²) >= 11 is 0. The van der Waals surface area contributed by atoms with E-state index < -0.39 is 6.09 Å². The van der Waals surface area contributed by atoms with E-state index in [1.165, 1.54) is 26.4 Å². The van der Waals surface area contributed by atoms with Crippen molar-refractivity contribution in [1.82, 2.24) is 24.9 Å². The first kappa shape index (κ1) is 45.7. The van der Waals surface area contributed by atoms with Crippen LogP contribution in [0.1, 0.15) is 59.3 Å². The van der Waals surface area contributed by atoms with Gasteiger partial charge < -0.3 is 43.9 Å². The number of hydrogen-bond acceptors (Lipinski definition) is 12. The minimum atomic E-state index is -0.404. The minimum absolute atomic E-state index is 0.144. The Morgan fingerprint density at radius 2 is 1.03 bits per heavy atom. The van der Waals surface area contributed by atoms with Crippen LogP contribution in [-0.4, -0.2) is 161 Å². The van der Waals surface area contributed by atoms with Gasteiger partial charge in [0.25, 0.3) is 11.8 Å². The molecule has 5 aliphatic heterocycles. The number of β-amino-alcohol motifs (C(OH)–C–C–N with tert-alkyl or cyclic N) is 1. The molecule has 15 nitrogen and oxygen atoms in total. The Bertz CT molecular complexity index is 1570. The molecule has 60 heavy (non-hydrogen) atoms. The van der Waals surface area contributed by atoms with Crippen LogP contribution in [0, 0.1) is 53.3 Å². The molecule has 9 unspecified atom stereocenters. The lowest BCUT2D eigenvalue weighted by molar-refractivity contribution is -0.137. The van der Waals surface area contributed by atoms with Crippen molar-refractivity contribution in [3.8, 4) is 0 Å². The highest BCUT2D eigenvalue weighted by Gasteiger charge is 2.44. The molecule has 0 aromatic carbocycles. The third kappa shape index (κ3) is 11.0. The molecule has 3 saturated carbocycles. The normalized spacial score (nSPS) is 32.2. The van der Waals surface area contributed by atoms with Crippen LogP contribution < -0.4 is 5.32 Å². The number of rotatable bonds is 8. The number of amides is 3. The van der Waals surface area contributed by atoms with Gasteiger partial charge in [-0.25, -0.2) is 9.59 Å². The second-order valence-electron chi connectivity index (χ2n) is 18.1. The topological polar surface area (TPSA) is 160 Å². The molecule has 0 radical (unpaired) electrons. The van der Waals surface area contributed by atoms with E-state index in [2.05, 4.69) is 35.9 Å². The molecule has 2 saturated heterocycles. The van der Waals surface area contributed by atoms with Crippen molar-refractivity contribution in [3.63, 3.8) is 0 Å². The quantitative estimate of drug-likeness (QED) is 0.344. The average molecular weight is 842 g/mol. The van der Waals surface area contributed by atoms with Gasteiger partial charge in [0.05, 0.1) is 69.0 Å². The van der Waals surface area contributed by atoms with Gasteiger partial charge in [-0.05, 0) is 68.1 Å². The lowest BCUT2D eigenvalue weighted by Crippen LogP contribution is -2.50. The van der Waals surface area contributed by atoms with E-state index in [9.17, 15) is 19.2 Å². The number of hydrogen-bond donors (Lipinski definition) is 2. The Morgan fingerprint density at radius 1 is 0.633 bits per heavy atom. The smallest absolute Gasteiger partial charge is 0.406 e. The molecule has 15 heteroatoms. The first-order valence-electron chi connectivity index (χ1n) is 22.6. The first-order valence-corrected chi connectivity index (χ1v) is 22.6. The van der Waals surface area contributed by atoms with Crippen molar-refractivity contribution >= 4 is 23.9 Å². The van der Waals surface area contributed by atoms with E-state index in [0.717, 1.165) is 95.1 Å². The monoisotopic (exact) mass is 842 g/mol. The van der Waals surface area contributed by atoms with Crippen LogP contribution in [0.3, 0.4) is 0 Å². The number of ether oxygens (including phenoxy) is 5. The van der Waals surface area contributed by atoms with Crippen LogP contribution in [-0.2, 0) is 38.1 Å². The summed E-state index contributed by atoms with van der Waals surface area (Å²) < 4.78 is 26.3. The molecule has 0 aromatic heterocycles. The van der Waals surface area contributed by atoms with Crippen molar-refractivity contribution in [2.24, 2.45) is 53.3 Å². The molecule has 5 fully saturated rings. The highest BCUT2D eigenvalue weighted by molar-refractivity contribution is 5.94.